The zero-order chi connectivity index (χ0) is 19.0. The summed E-state index contributed by atoms with van der Waals surface area (Å²) in [7, 11) is 0. The smallest absolute Gasteiger partial charge is 0.263 e. The second kappa shape index (κ2) is 6.64. The van der Waals surface area contributed by atoms with Crippen molar-refractivity contribution in [2.45, 2.75) is 19.0 Å². The van der Waals surface area contributed by atoms with E-state index < -0.39 is 23.9 Å². The normalized spacial score (nSPS) is 20.9. The van der Waals surface area contributed by atoms with Crippen molar-refractivity contribution in [3.63, 3.8) is 0 Å². The molecule has 0 aromatic heterocycles. The van der Waals surface area contributed by atoms with Gasteiger partial charge in [-0.25, -0.2) is 4.90 Å². The number of carbonyl (C=O) groups excluding carboxylic acids is 3. The molecule has 3 amide bonds. The molecule has 136 valence electrons. The van der Waals surface area contributed by atoms with E-state index in [0.29, 0.717) is 11.4 Å². The molecule has 0 bridgehead atoms. The molecular formula is C19H17N5O3. The van der Waals surface area contributed by atoms with E-state index in [-0.39, 0.29) is 12.5 Å². The van der Waals surface area contributed by atoms with Gasteiger partial charge in [0, 0.05) is 5.69 Å². The summed E-state index contributed by atoms with van der Waals surface area (Å²) < 4.78 is 0. The van der Waals surface area contributed by atoms with Gasteiger partial charge in [0.25, 0.3) is 11.8 Å². The molecule has 0 aliphatic carbocycles. The van der Waals surface area contributed by atoms with Gasteiger partial charge in [0.05, 0.1) is 5.69 Å². The van der Waals surface area contributed by atoms with Crippen LogP contribution in [-0.4, -0.2) is 41.4 Å². The average molecular weight is 363 g/mol. The summed E-state index contributed by atoms with van der Waals surface area (Å²) in [5, 5.41) is 11.8. The van der Waals surface area contributed by atoms with Gasteiger partial charge in [-0.1, -0.05) is 35.6 Å². The maximum atomic E-state index is 12.8. The number of amides is 3. The second-order valence-corrected chi connectivity index (χ2v) is 6.46. The van der Waals surface area contributed by atoms with Crippen molar-refractivity contribution in [3.8, 4) is 0 Å². The topological polar surface area (TPSA) is 94.4 Å². The zero-order valence-electron chi connectivity index (χ0n) is 14.6. The van der Waals surface area contributed by atoms with Crippen molar-refractivity contribution in [2.75, 3.05) is 16.8 Å². The highest BCUT2D eigenvalue weighted by Gasteiger charge is 2.55. The van der Waals surface area contributed by atoms with Gasteiger partial charge in [0.15, 0.2) is 12.1 Å². The number of benzene rings is 2. The quantitative estimate of drug-likeness (QED) is 0.840. The van der Waals surface area contributed by atoms with Crippen molar-refractivity contribution in [1.82, 2.24) is 5.01 Å². The van der Waals surface area contributed by atoms with Gasteiger partial charge >= 0.3 is 0 Å². The van der Waals surface area contributed by atoms with Crippen LogP contribution in [0.4, 0.5) is 11.4 Å². The van der Waals surface area contributed by atoms with Gasteiger partial charge in [-0.3, -0.25) is 19.4 Å². The fraction of sp³-hybridized carbons (Fsp3) is 0.211. The van der Waals surface area contributed by atoms with Gasteiger partial charge in [0.1, 0.15) is 6.54 Å². The zero-order valence-corrected chi connectivity index (χ0v) is 14.6. The molecular weight excluding hydrogens is 346 g/mol. The average Bonchev–Trinajstić information content (AvgIpc) is 3.16. The van der Waals surface area contributed by atoms with Gasteiger partial charge in [-0.05, 0) is 36.8 Å². The molecule has 2 aliphatic rings. The Morgan fingerprint density at radius 2 is 1.85 bits per heavy atom. The molecule has 0 spiro atoms. The number of nitrogens with one attached hydrogen (secondary N) is 1. The first-order valence-corrected chi connectivity index (χ1v) is 8.51. The molecule has 0 radical (unpaired) electrons. The predicted octanol–water partition coefficient (Wildman–Crippen LogP) is 1.93. The predicted molar refractivity (Wildman–Crippen MR) is 97.9 cm³/mol. The van der Waals surface area contributed by atoms with Crippen LogP contribution in [0.2, 0.25) is 0 Å². The summed E-state index contributed by atoms with van der Waals surface area (Å²) >= 11 is 0. The molecule has 4 rings (SSSR count). The van der Waals surface area contributed by atoms with Gasteiger partial charge in [-0.2, -0.15) is 5.11 Å². The van der Waals surface area contributed by atoms with Crippen molar-refractivity contribution >= 4 is 29.1 Å². The van der Waals surface area contributed by atoms with E-state index >= 15 is 0 Å². The molecule has 2 atom stereocenters. The maximum Gasteiger partial charge on any atom is 0.263 e. The summed E-state index contributed by atoms with van der Waals surface area (Å²) in [5.41, 5.74) is 2.16. The third-order valence-electron chi connectivity index (χ3n) is 4.48. The summed E-state index contributed by atoms with van der Waals surface area (Å²) in [6.07, 6.45) is 0. The van der Waals surface area contributed by atoms with Crippen LogP contribution in [0.25, 0.3) is 0 Å². The number of hydrogen-bond donors (Lipinski definition) is 1. The fourth-order valence-corrected chi connectivity index (χ4v) is 3.26. The minimum atomic E-state index is -0.913. The molecule has 1 fully saturated rings. The van der Waals surface area contributed by atoms with Crippen LogP contribution in [0, 0.1) is 6.92 Å². The van der Waals surface area contributed by atoms with E-state index in [1.54, 1.807) is 36.4 Å². The molecule has 1 saturated heterocycles. The first kappa shape index (κ1) is 16.9. The number of carbonyl (C=O) groups is 3. The highest BCUT2D eigenvalue weighted by molar-refractivity contribution is 6.25. The third kappa shape index (κ3) is 3.05. The number of rotatable bonds is 4. The van der Waals surface area contributed by atoms with Crippen LogP contribution in [0.5, 0.6) is 0 Å². The Balaban J connectivity index is 1.48. The number of fused-ring (bicyclic) bond motifs is 1. The molecule has 8 nitrogen and oxygen atoms in total. The highest BCUT2D eigenvalue weighted by Crippen LogP contribution is 2.31. The van der Waals surface area contributed by atoms with Gasteiger partial charge < -0.3 is 5.32 Å². The number of anilines is 2. The lowest BCUT2D eigenvalue weighted by Gasteiger charge is -2.20. The Bertz CT molecular complexity index is 943. The Labute approximate surface area is 155 Å². The summed E-state index contributed by atoms with van der Waals surface area (Å²) in [4.78, 5) is 38.8. The molecule has 0 saturated carbocycles. The fourth-order valence-electron chi connectivity index (χ4n) is 3.26. The molecule has 2 aliphatic heterocycles. The number of imide groups is 1. The third-order valence-corrected chi connectivity index (χ3v) is 4.48. The SMILES string of the molecule is Cc1cccc(NC(=O)CN2N=N[C@H]3C(=O)N(c4ccccc4)C(=O)[C@@H]32)c1. The minimum absolute atomic E-state index is 0.166. The second-order valence-electron chi connectivity index (χ2n) is 6.46. The Hall–Kier alpha value is -3.55. The molecule has 2 heterocycles. The lowest BCUT2D eigenvalue weighted by molar-refractivity contribution is -0.123. The van der Waals surface area contributed by atoms with Crippen LogP contribution in [-0.2, 0) is 14.4 Å². The molecule has 27 heavy (non-hydrogen) atoms. The van der Waals surface area contributed by atoms with Crippen molar-refractivity contribution in [2.24, 2.45) is 10.3 Å². The van der Waals surface area contributed by atoms with E-state index in [9.17, 15) is 14.4 Å². The van der Waals surface area contributed by atoms with Crippen molar-refractivity contribution in [3.05, 3.63) is 60.2 Å². The molecule has 2 aromatic carbocycles. The number of hydrogen-bond acceptors (Lipinski definition) is 6. The molecule has 2 aromatic rings. The van der Waals surface area contributed by atoms with Crippen LogP contribution < -0.4 is 10.2 Å². The van der Waals surface area contributed by atoms with E-state index in [1.807, 2.05) is 25.1 Å². The summed E-state index contributed by atoms with van der Waals surface area (Å²) in [6, 6.07) is 14.3. The highest BCUT2D eigenvalue weighted by atomic mass is 16.2. The summed E-state index contributed by atoms with van der Waals surface area (Å²) in [6.45, 7) is 1.76. The van der Waals surface area contributed by atoms with Gasteiger partial charge in [-0.15, -0.1) is 0 Å². The van der Waals surface area contributed by atoms with E-state index in [1.165, 1.54) is 5.01 Å². The molecule has 8 heteroatoms. The largest absolute Gasteiger partial charge is 0.324 e. The van der Waals surface area contributed by atoms with Crippen LogP contribution in [0.3, 0.4) is 0 Å². The molecule has 0 unspecified atom stereocenters. The Morgan fingerprint density at radius 3 is 2.59 bits per heavy atom. The number of nitrogens with zero attached hydrogens (tertiary/aromatic N) is 4. The maximum absolute atomic E-state index is 12.8. The van der Waals surface area contributed by atoms with Crippen LogP contribution >= 0.6 is 0 Å². The number of aryl methyl sites for hydroxylation is 1. The minimum Gasteiger partial charge on any atom is -0.324 e. The Morgan fingerprint density at radius 1 is 1.07 bits per heavy atom. The monoisotopic (exact) mass is 363 g/mol. The first-order valence-electron chi connectivity index (χ1n) is 8.51. The summed E-state index contributed by atoms with van der Waals surface area (Å²) in [5.74, 6) is -1.19. The van der Waals surface area contributed by atoms with Crippen LogP contribution in [0.1, 0.15) is 5.56 Å². The Kier molecular flexibility index (Phi) is 4.15. The van der Waals surface area contributed by atoms with E-state index in [2.05, 4.69) is 15.7 Å². The van der Waals surface area contributed by atoms with Crippen LogP contribution in [0.15, 0.2) is 64.9 Å². The number of para-hydroxylation sites is 1. The lowest BCUT2D eigenvalue weighted by Crippen LogP contribution is -2.43. The van der Waals surface area contributed by atoms with E-state index in [4.69, 9.17) is 0 Å². The van der Waals surface area contributed by atoms with Gasteiger partial charge in [0.2, 0.25) is 5.91 Å². The van der Waals surface area contributed by atoms with Crippen molar-refractivity contribution in [1.29, 1.82) is 0 Å². The molecule has 1 N–H and O–H groups in total. The van der Waals surface area contributed by atoms with Crippen molar-refractivity contribution < 1.29 is 14.4 Å². The lowest BCUT2D eigenvalue weighted by atomic mass is 10.1. The standard InChI is InChI=1S/C19H17N5O3/c1-12-6-5-7-13(10-12)20-15(25)11-23-17-16(21-22-23)18(26)24(19(17)27)14-8-3-2-4-9-14/h2-10,16-17H,11H2,1H3,(H,20,25)/t16-,17-/m1/s1. The van der Waals surface area contributed by atoms with E-state index in [0.717, 1.165) is 10.5 Å². The first-order chi connectivity index (χ1) is 13.0.